The number of rotatable bonds is 5. The number of fused-ring (bicyclic) bond motifs is 1. The Morgan fingerprint density at radius 1 is 1.00 bits per heavy atom. The van der Waals surface area contributed by atoms with Crippen molar-refractivity contribution >= 4 is 23.5 Å². The fraction of sp³-hybridized carbons (Fsp3) is 0.333. The largest absolute Gasteiger partial charge is 0.485 e. The number of para-hydroxylation sites is 3. The van der Waals surface area contributed by atoms with Gasteiger partial charge in [0.15, 0.2) is 17.3 Å². The molecule has 0 radical (unpaired) electrons. The second-order valence-corrected chi connectivity index (χ2v) is 8.27. The van der Waals surface area contributed by atoms with Crippen molar-refractivity contribution < 1.29 is 14.3 Å². The van der Waals surface area contributed by atoms with Gasteiger partial charge in [0, 0.05) is 31.9 Å². The minimum absolute atomic E-state index is 0.0550. The third-order valence-electron chi connectivity index (χ3n) is 6.03. The van der Waals surface area contributed by atoms with Crippen molar-refractivity contribution in [2.45, 2.75) is 19.1 Å². The van der Waals surface area contributed by atoms with Crippen LogP contribution < -0.4 is 20.5 Å². The molecule has 0 unspecified atom stereocenters. The van der Waals surface area contributed by atoms with E-state index in [1.54, 1.807) is 0 Å². The minimum atomic E-state index is -0.631. The number of anilines is 3. The number of amides is 1. The summed E-state index contributed by atoms with van der Waals surface area (Å²) in [6.45, 7) is 4.79. The van der Waals surface area contributed by atoms with Crippen LogP contribution in [0.2, 0.25) is 0 Å². The lowest BCUT2D eigenvalue weighted by Crippen LogP contribution is -2.54. The molecule has 176 valence electrons. The topological polar surface area (TPSA) is 119 Å². The van der Waals surface area contributed by atoms with Crippen LogP contribution in [0, 0.1) is 0 Å². The third kappa shape index (κ3) is 4.72. The van der Waals surface area contributed by atoms with E-state index in [0.717, 1.165) is 5.69 Å². The summed E-state index contributed by atoms with van der Waals surface area (Å²) < 4.78 is 11.6. The standard InChI is InChI=1S/C24H27N7O3/c1-16(21-27-23(25)29-24(28-21)26-17-7-3-2-4-8-17)30-11-13-31(14-12-30)22(32)20-15-33-18-9-5-6-10-19(18)34-20/h2-10,16,20H,11-15H2,1H3,(H3,25,26,27,28,29)/t16-,20+/m0/s1. The number of carbonyl (C=O) groups is 1. The first-order valence-electron chi connectivity index (χ1n) is 11.3. The highest BCUT2D eigenvalue weighted by Crippen LogP contribution is 2.31. The van der Waals surface area contributed by atoms with Crippen LogP contribution in [0.15, 0.2) is 54.6 Å². The molecule has 0 spiro atoms. The lowest BCUT2D eigenvalue weighted by molar-refractivity contribution is -0.143. The molecule has 1 aromatic heterocycles. The molecule has 3 N–H and O–H groups in total. The van der Waals surface area contributed by atoms with Gasteiger partial charge in [0.25, 0.3) is 5.91 Å². The Kier molecular flexibility index (Phi) is 6.13. The molecule has 1 saturated heterocycles. The number of nitrogens with one attached hydrogen (secondary N) is 1. The lowest BCUT2D eigenvalue weighted by atomic mass is 10.2. The number of nitrogen functional groups attached to an aromatic ring is 1. The smallest absolute Gasteiger partial charge is 0.267 e. The van der Waals surface area contributed by atoms with Gasteiger partial charge in [-0.3, -0.25) is 9.69 Å². The van der Waals surface area contributed by atoms with Crippen LogP contribution in [0.5, 0.6) is 11.5 Å². The fourth-order valence-corrected chi connectivity index (χ4v) is 4.14. The minimum Gasteiger partial charge on any atom is -0.485 e. The van der Waals surface area contributed by atoms with Crippen LogP contribution in [0.3, 0.4) is 0 Å². The first kappa shape index (κ1) is 21.9. The molecule has 1 amide bonds. The van der Waals surface area contributed by atoms with Gasteiger partial charge in [-0.2, -0.15) is 15.0 Å². The van der Waals surface area contributed by atoms with Gasteiger partial charge >= 0.3 is 0 Å². The van der Waals surface area contributed by atoms with Gasteiger partial charge in [-0.25, -0.2) is 0 Å². The van der Waals surface area contributed by atoms with Gasteiger partial charge < -0.3 is 25.4 Å². The van der Waals surface area contributed by atoms with Crippen molar-refractivity contribution in [3.63, 3.8) is 0 Å². The zero-order valence-corrected chi connectivity index (χ0v) is 18.9. The van der Waals surface area contributed by atoms with E-state index >= 15 is 0 Å². The number of hydrogen-bond donors (Lipinski definition) is 2. The Balaban J connectivity index is 1.20. The monoisotopic (exact) mass is 461 g/mol. The van der Waals surface area contributed by atoms with Crippen LogP contribution in [0.1, 0.15) is 18.8 Å². The molecule has 1 fully saturated rings. The lowest BCUT2D eigenvalue weighted by Gasteiger charge is -2.39. The molecule has 5 rings (SSSR count). The average molecular weight is 462 g/mol. The van der Waals surface area contributed by atoms with E-state index in [1.807, 2.05) is 66.4 Å². The van der Waals surface area contributed by atoms with Crippen molar-refractivity contribution in [1.29, 1.82) is 0 Å². The summed E-state index contributed by atoms with van der Waals surface area (Å²) in [5, 5.41) is 3.17. The molecular weight excluding hydrogens is 434 g/mol. The average Bonchev–Trinajstić information content (AvgIpc) is 2.88. The Labute approximate surface area is 197 Å². The summed E-state index contributed by atoms with van der Waals surface area (Å²) in [6, 6.07) is 17.0. The predicted octanol–water partition coefficient (Wildman–Crippen LogP) is 2.24. The number of aromatic nitrogens is 3. The van der Waals surface area contributed by atoms with Gasteiger partial charge in [-0.15, -0.1) is 0 Å². The van der Waals surface area contributed by atoms with E-state index in [2.05, 4.69) is 25.2 Å². The summed E-state index contributed by atoms with van der Waals surface area (Å²) >= 11 is 0. The normalized spacial score (nSPS) is 18.9. The molecule has 0 aliphatic carbocycles. The first-order valence-corrected chi connectivity index (χ1v) is 11.3. The second kappa shape index (κ2) is 9.52. The molecule has 2 aromatic carbocycles. The van der Waals surface area contributed by atoms with E-state index in [9.17, 15) is 4.79 Å². The zero-order chi connectivity index (χ0) is 23.5. The van der Waals surface area contributed by atoms with Gasteiger partial charge in [0.05, 0.1) is 6.04 Å². The number of piperazine rings is 1. The van der Waals surface area contributed by atoms with Crippen molar-refractivity contribution in [1.82, 2.24) is 24.8 Å². The summed E-state index contributed by atoms with van der Waals surface area (Å²) in [5.74, 6) is 2.38. The Morgan fingerprint density at radius 3 is 2.47 bits per heavy atom. The van der Waals surface area contributed by atoms with Gasteiger partial charge in [-0.05, 0) is 31.2 Å². The first-order chi connectivity index (χ1) is 16.6. The van der Waals surface area contributed by atoms with Gasteiger partial charge in [0.1, 0.15) is 6.61 Å². The van der Waals surface area contributed by atoms with Crippen LogP contribution >= 0.6 is 0 Å². The molecule has 2 atom stereocenters. The molecule has 2 aliphatic rings. The maximum Gasteiger partial charge on any atom is 0.267 e. The second-order valence-electron chi connectivity index (χ2n) is 8.27. The van der Waals surface area contributed by atoms with E-state index in [1.165, 1.54) is 0 Å². The maximum absolute atomic E-state index is 13.0. The highest BCUT2D eigenvalue weighted by Gasteiger charge is 2.34. The number of ether oxygens (including phenoxy) is 2. The van der Waals surface area contributed by atoms with Crippen molar-refractivity contribution in [2.24, 2.45) is 0 Å². The van der Waals surface area contributed by atoms with E-state index in [-0.39, 0.29) is 24.5 Å². The van der Waals surface area contributed by atoms with Crippen LogP contribution in [-0.4, -0.2) is 69.5 Å². The van der Waals surface area contributed by atoms with Crippen molar-refractivity contribution in [3.05, 3.63) is 60.4 Å². The molecule has 0 bridgehead atoms. The fourth-order valence-electron chi connectivity index (χ4n) is 4.14. The summed E-state index contributed by atoms with van der Waals surface area (Å²) in [4.78, 5) is 30.2. The number of nitrogens with two attached hydrogens (primary N) is 1. The van der Waals surface area contributed by atoms with Crippen molar-refractivity contribution in [3.8, 4) is 11.5 Å². The van der Waals surface area contributed by atoms with Crippen LogP contribution in [-0.2, 0) is 4.79 Å². The number of hydrogen-bond acceptors (Lipinski definition) is 9. The summed E-state index contributed by atoms with van der Waals surface area (Å²) in [5.41, 5.74) is 6.83. The molecule has 2 aliphatic heterocycles. The van der Waals surface area contributed by atoms with Crippen LogP contribution in [0.4, 0.5) is 17.6 Å². The molecule has 34 heavy (non-hydrogen) atoms. The van der Waals surface area contributed by atoms with E-state index < -0.39 is 6.10 Å². The number of carbonyl (C=O) groups excluding carboxylic acids is 1. The van der Waals surface area contributed by atoms with Gasteiger partial charge in [-0.1, -0.05) is 30.3 Å². The van der Waals surface area contributed by atoms with E-state index in [4.69, 9.17) is 15.2 Å². The SMILES string of the molecule is C[C@@H](c1nc(N)nc(Nc2ccccc2)n1)N1CCN(C(=O)[C@H]2COc3ccccc3O2)CC1. The Bertz CT molecular complexity index is 1150. The zero-order valence-electron chi connectivity index (χ0n) is 18.9. The molecule has 3 aromatic rings. The van der Waals surface area contributed by atoms with Gasteiger partial charge in [0.2, 0.25) is 18.0 Å². The summed E-state index contributed by atoms with van der Waals surface area (Å²) in [6.07, 6.45) is -0.631. The molecule has 10 nitrogen and oxygen atoms in total. The van der Waals surface area contributed by atoms with Crippen molar-refractivity contribution in [2.75, 3.05) is 43.8 Å². The molecular formula is C24H27N7O3. The molecule has 0 saturated carbocycles. The number of benzene rings is 2. The molecule has 10 heteroatoms. The Hall–Kier alpha value is -3.92. The van der Waals surface area contributed by atoms with Crippen LogP contribution in [0.25, 0.3) is 0 Å². The summed E-state index contributed by atoms with van der Waals surface area (Å²) in [7, 11) is 0. The highest BCUT2D eigenvalue weighted by atomic mass is 16.6. The predicted molar refractivity (Wildman–Crippen MR) is 127 cm³/mol. The third-order valence-corrected chi connectivity index (χ3v) is 6.03. The van der Waals surface area contributed by atoms with E-state index in [0.29, 0.717) is 49.5 Å². The Morgan fingerprint density at radius 2 is 1.71 bits per heavy atom. The quantitative estimate of drug-likeness (QED) is 0.590. The highest BCUT2D eigenvalue weighted by molar-refractivity contribution is 5.82. The maximum atomic E-state index is 13.0. The molecule has 3 heterocycles. The number of nitrogens with zero attached hydrogens (tertiary/aromatic N) is 5.